The molecule has 0 saturated carbocycles. The highest BCUT2D eigenvalue weighted by Gasteiger charge is 2.23. The van der Waals surface area contributed by atoms with Gasteiger partial charge in [0.05, 0.1) is 24.6 Å². The van der Waals surface area contributed by atoms with Crippen LogP contribution >= 0.6 is 11.6 Å². The van der Waals surface area contributed by atoms with E-state index >= 15 is 0 Å². The summed E-state index contributed by atoms with van der Waals surface area (Å²) in [6.07, 6.45) is 2.63. The molecule has 0 spiro atoms. The summed E-state index contributed by atoms with van der Waals surface area (Å²) in [4.78, 5) is 14.2. The zero-order chi connectivity index (χ0) is 14.5. The Morgan fingerprint density at radius 3 is 3.10 bits per heavy atom. The Kier molecular flexibility index (Phi) is 5.39. The molecule has 1 saturated heterocycles. The topological polar surface area (TPSA) is 59.4 Å². The van der Waals surface area contributed by atoms with Crippen molar-refractivity contribution in [3.05, 3.63) is 21.6 Å². The number of halogens is 1. The van der Waals surface area contributed by atoms with Gasteiger partial charge in [-0.15, -0.1) is 0 Å². The maximum Gasteiger partial charge on any atom is 0.287 e. The van der Waals surface area contributed by atoms with E-state index in [0.717, 1.165) is 19.5 Å². The average molecular weight is 301 g/mol. The van der Waals surface area contributed by atoms with Crippen molar-refractivity contribution in [3.8, 4) is 0 Å². The Bertz CT molecular complexity index is 504. The molecular weight excluding hydrogens is 280 g/mol. The SMILES string of the molecule is CCCn1ncc(N2CCOC(CNC)C2)c(Cl)c1=O. The Balaban J connectivity index is 2.20. The molecule has 0 aromatic carbocycles. The standard InChI is InChI=1S/C13H21ClN4O2/c1-3-4-18-13(19)12(14)11(8-16-18)17-5-6-20-10(9-17)7-15-2/h8,10,15H,3-7,9H2,1-2H3. The third kappa shape index (κ3) is 3.31. The number of aromatic nitrogens is 2. The van der Waals surface area contributed by atoms with E-state index in [1.54, 1.807) is 6.20 Å². The second-order valence-corrected chi connectivity index (χ2v) is 5.25. The van der Waals surface area contributed by atoms with Gasteiger partial charge in [0.2, 0.25) is 0 Å². The second kappa shape index (κ2) is 7.06. The number of hydrogen-bond donors (Lipinski definition) is 1. The minimum Gasteiger partial charge on any atom is -0.373 e. The van der Waals surface area contributed by atoms with Crippen LogP contribution in [0.5, 0.6) is 0 Å². The first kappa shape index (κ1) is 15.3. The van der Waals surface area contributed by atoms with E-state index in [2.05, 4.69) is 15.3 Å². The zero-order valence-corrected chi connectivity index (χ0v) is 12.7. The van der Waals surface area contributed by atoms with Gasteiger partial charge in [-0.05, 0) is 13.5 Å². The number of morpholine rings is 1. The van der Waals surface area contributed by atoms with Crippen molar-refractivity contribution in [2.45, 2.75) is 26.0 Å². The normalized spacial score (nSPS) is 19.4. The van der Waals surface area contributed by atoms with Crippen LogP contribution in [0.3, 0.4) is 0 Å². The van der Waals surface area contributed by atoms with E-state index in [1.165, 1.54) is 4.68 Å². The van der Waals surface area contributed by atoms with Crippen LogP contribution in [0.2, 0.25) is 5.02 Å². The molecule has 1 aromatic rings. The molecule has 1 atom stereocenters. The minimum absolute atomic E-state index is 0.0999. The molecule has 2 rings (SSSR count). The molecule has 1 unspecified atom stereocenters. The van der Waals surface area contributed by atoms with Crippen LogP contribution in [-0.2, 0) is 11.3 Å². The number of likely N-dealkylation sites (N-methyl/N-ethyl adjacent to an activating group) is 1. The lowest BCUT2D eigenvalue weighted by Gasteiger charge is -2.34. The molecular formula is C13H21ClN4O2. The van der Waals surface area contributed by atoms with E-state index in [9.17, 15) is 4.79 Å². The summed E-state index contributed by atoms with van der Waals surface area (Å²) in [5, 5.41) is 7.54. The maximum absolute atomic E-state index is 12.1. The zero-order valence-electron chi connectivity index (χ0n) is 11.9. The monoisotopic (exact) mass is 300 g/mol. The quantitative estimate of drug-likeness (QED) is 0.869. The fourth-order valence-electron chi connectivity index (χ4n) is 2.34. The van der Waals surface area contributed by atoms with Gasteiger partial charge in [-0.3, -0.25) is 4.79 Å². The van der Waals surface area contributed by atoms with E-state index in [4.69, 9.17) is 16.3 Å². The molecule has 1 aliphatic heterocycles. The maximum atomic E-state index is 12.1. The van der Waals surface area contributed by atoms with E-state index in [1.807, 2.05) is 14.0 Å². The predicted octanol–water partition coefficient (Wildman–Crippen LogP) is 0.731. The summed E-state index contributed by atoms with van der Waals surface area (Å²) in [6.45, 7) is 5.41. The van der Waals surface area contributed by atoms with Gasteiger partial charge >= 0.3 is 0 Å². The first-order valence-electron chi connectivity index (χ1n) is 6.94. The van der Waals surface area contributed by atoms with E-state index in [0.29, 0.717) is 25.4 Å². The highest BCUT2D eigenvalue weighted by molar-refractivity contribution is 6.33. The van der Waals surface area contributed by atoms with Crippen LogP contribution in [0.25, 0.3) is 0 Å². The lowest BCUT2D eigenvalue weighted by molar-refractivity contribution is 0.0421. The van der Waals surface area contributed by atoms with Gasteiger partial charge in [-0.2, -0.15) is 5.10 Å². The molecule has 0 bridgehead atoms. The minimum atomic E-state index is -0.220. The van der Waals surface area contributed by atoms with Crippen LogP contribution in [0.4, 0.5) is 5.69 Å². The summed E-state index contributed by atoms with van der Waals surface area (Å²) >= 11 is 6.22. The van der Waals surface area contributed by atoms with Crippen LogP contribution in [0, 0.1) is 0 Å². The largest absolute Gasteiger partial charge is 0.373 e. The fraction of sp³-hybridized carbons (Fsp3) is 0.692. The Morgan fingerprint density at radius 1 is 1.60 bits per heavy atom. The lowest BCUT2D eigenvalue weighted by Crippen LogP contribution is -2.47. The molecule has 7 heteroatoms. The Morgan fingerprint density at radius 2 is 2.40 bits per heavy atom. The number of nitrogens with one attached hydrogen (secondary N) is 1. The number of anilines is 1. The summed E-state index contributed by atoms with van der Waals surface area (Å²) < 4.78 is 7.07. The molecule has 1 N–H and O–H groups in total. The van der Waals surface area contributed by atoms with Gasteiger partial charge in [0, 0.05) is 26.2 Å². The van der Waals surface area contributed by atoms with Crippen molar-refractivity contribution in [1.29, 1.82) is 0 Å². The van der Waals surface area contributed by atoms with Crippen molar-refractivity contribution < 1.29 is 4.74 Å². The highest BCUT2D eigenvalue weighted by atomic mass is 35.5. The van der Waals surface area contributed by atoms with Gasteiger partial charge in [0.1, 0.15) is 5.02 Å². The smallest absolute Gasteiger partial charge is 0.287 e. The predicted molar refractivity (Wildman–Crippen MR) is 79.7 cm³/mol. The third-order valence-corrected chi connectivity index (χ3v) is 3.67. The first-order chi connectivity index (χ1) is 9.67. The van der Waals surface area contributed by atoms with Gasteiger partial charge < -0.3 is 15.0 Å². The third-order valence-electron chi connectivity index (χ3n) is 3.31. The van der Waals surface area contributed by atoms with Gasteiger partial charge in [0.15, 0.2) is 0 Å². The van der Waals surface area contributed by atoms with Crippen molar-refractivity contribution in [1.82, 2.24) is 15.1 Å². The van der Waals surface area contributed by atoms with E-state index < -0.39 is 0 Å². The van der Waals surface area contributed by atoms with Crippen LogP contribution < -0.4 is 15.8 Å². The van der Waals surface area contributed by atoms with Gasteiger partial charge in [-0.25, -0.2) is 4.68 Å². The van der Waals surface area contributed by atoms with Crippen LogP contribution in [0.1, 0.15) is 13.3 Å². The average Bonchev–Trinajstić information content (AvgIpc) is 2.45. The molecule has 20 heavy (non-hydrogen) atoms. The number of hydrogen-bond acceptors (Lipinski definition) is 5. The summed E-state index contributed by atoms with van der Waals surface area (Å²) in [6, 6.07) is 0. The molecule has 1 aromatic heterocycles. The van der Waals surface area contributed by atoms with Crippen molar-refractivity contribution in [2.75, 3.05) is 38.2 Å². The van der Waals surface area contributed by atoms with Crippen molar-refractivity contribution in [3.63, 3.8) is 0 Å². The van der Waals surface area contributed by atoms with Crippen molar-refractivity contribution in [2.24, 2.45) is 0 Å². The summed E-state index contributed by atoms with van der Waals surface area (Å²) in [7, 11) is 1.89. The Labute approximate surface area is 123 Å². The van der Waals surface area contributed by atoms with Gasteiger partial charge in [-0.1, -0.05) is 18.5 Å². The highest BCUT2D eigenvalue weighted by Crippen LogP contribution is 2.23. The summed E-state index contributed by atoms with van der Waals surface area (Å²) in [5.74, 6) is 0. The molecule has 6 nitrogen and oxygen atoms in total. The number of nitrogens with zero attached hydrogens (tertiary/aromatic N) is 3. The molecule has 0 aliphatic carbocycles. The number of aryl methyl sites for hydroxylation is 1. The van der Waals surface area contributed by atoms with Gasteiger partial charge in [0.25, 0.3) is 5.56 Å². The number of rotatable bonds is 5. The number of ether oxygens (including phenoxy) is 1. The Hall–Kier alpha value is -1.11. The first-order valence-corrected chi connectivity index (χ1v) is 7.32. The molecule has 2 heterocycles. The molecule has 0 amide bonds. The lowest BCUT2D eigenvalue weighted by atomic mass is 10.2. The van der Waals surface area contributed by atoms with Crippen LogP contribution in [0.15, 0.2) is 11.0 Å². The fourth-order valence-corrected chi connectivity index (χ4v) is 2.60. The van der Waals surface area contributed by atoms with Crippen molar-refractivity contribution >= 4 is 17.3 Å². The molecule has 1 fully saturated rings. The van der Waals surface area contributed by atoms with Crippen LogP contribution in [-0.4, -0.2) is 49.2 Å². The van der Waals surface area contributed by atoms with E-state index in [-0.39, 0.29) is 16.7 Å². The summed E-state index contributed by atoms with van der Waals surface area (Å²) in [5.41, 5.74) is 0.482. The molecule has 112 valence electrons. The molecule has 0 radical (unpaired) electrons. The second-order valence-electron chi connectivity index (χ2n) is 4.87. The molecule has 1 aliphatic rings.